The van der Waals surface area contributed by atoms with Crippen molar-refractivity contribution in [2.45, 2.75) is 39.7 Å². The first kappa shape index (κ1) is 16.0. The minimum absolute atomic E-state index is 0.188. The molecule has 3 nitrogen and oxygen atoms in total. The molecular weight excluding hydrogens is 238 g/mol. The average molecular weight is 265 g/mol. The van der Waals surface area contributed by atoms with E-state index >= 15 is 0 Å². The SMILES string of the molecule is CCC(NCC(C)(C)CCOC)c1ccccc1O. The molecule has 1 aromatic rings. The Morgan fingerprint density at radius 2 is 2.00 bits per heavy atom. The number of nitrogens with one attached hydrogen (secondary N) is 1. The molecule has 0 radical (unpaired) electrons. The molecule has 0 aliphatic rings. The van der Waals surface area contributed by atoms with Crippen molar-refractivity contribution in [1.29, 1.82) is 0 Å². The zero-order chi connectivity index (χ0) is 14.3. The highest BCUT2D eigenvalue weighted by Crippen LogP contribution is 2.27. The number of para-hydroxylation sites is 1. The van der Waals surface area contributed by atoms with Crippen molar-refractivity contribution in [2.75, 3.05) is 20.3 Å². The molecule has 1 atom stereocenters. The van der Waals surface area contributed by atoms with Gasteiger partial charge in [-0.2, -0.15) is 0 Å². The van der Waals surface area contributed by atoms with Crippen LogP contribution in [0.25, 0.3) is 0 Å². The number of phenolic OH excluding ortho intramolecular Hbond substituents is 1. The molecular formula is C16H27NO2. The van der Waals surface area contributed by atoms with Crippen molar-refractivity contribution in [1.82, 2.24) is 5.32 Å². The van der Waals surface area contributed by atoms with E-state index < -0.39 is 0 Å². The van der Waals surface area contributed by atoms with Crippen LogP contribution in [0, 0.1) is 5.41 Å². The van der Waals surface area contributed by atoms with Crippen molar-refractivity contribution >= 4 is 0 Å². The molecule has 3 heteroatoms. The first-order chi connectivity index (χ1) is 9.00. The lowest BCUT2D eigenvalue weighted by molar-refractivity contribution is 0.148. The molecule has 0 amide bonds. The highest BCUT2D eigenvalue weighted by Gasteiger charge is 2.20. The van der Waals surface area contributed by atoms with Gasteiger partial charge in [0.1, 0.15) is 5.75 Å². The summed E-state index contributed by atoms with van der Waals surface area (Å²) in [5, 5.41) is 13.5. The van der Waals surface area contributed by atoms with Crippen LogP contribution in [0.1, 0.15) is 45.2 Å². The molecule has 0 spiro atoms. The van der Waals surface area contributed by atoms with Gasteiger partial charge >= 0.3 is 0 Å². The van der Waals surface area contributed by atoms with Crippen molar-refractivity contribution in [2.24, 2.45) is 5.41 Å². The second kappa shape index (κ2) is 7.51. The molecule has 0 aliphatic heterocycles. The molecule has 1 rings (SSSR count). The zero-order valence-corrected chi connectivity index (χ0v) is 12.6. The summed E-state index contributed by atoms with van der Waals surface area (Å²) in [5.41, 5.74) is 1.17. The number of hydrogen-bond acceptors (Lipinski definition) is 3. The number of ether oxygens (including phenoxy) is 1. The molecule has 19 heavy (non-hydrogen) atoms. The number of rotatable bonds is 8. The summed E-state index contributed by atoms with van der Waals surface area (Å²) in [6.07, 6.45) is 1.98. The van der Waals surface area contributed by atoms with Gasteiger partial charge in [-0.1, -0.05) is 39.0 Å². The molecule has 0 fully saturated rings. The minimum atomic E-state index is 0.188. The quantitative estimate of drug-likeness (QED) is 0.756. The van der Waals surface area contributed by atoms with Crippen molar-refractivity contribution in [3.63, 3.8) is 0 Å². The van der Waals surface area contributed by atoms with E-state index in [-0.39, 0.29) is 11.5 Å². The molecule has 1 aromatic carbocycles. The second-order valence-electron chi connectivity index (χ2n) is 5.81. The van der Waals surface area contributed by atoms with E-state index in [1.54, 1.807) is 13.2 Å². The van der Waals surface area contributed by atoms with E-state index in [0.29, 0.717) is 5.75 Å². The van der Waals surface area contributed by atoms with Gasteiger partial charge in [-0.25, -0.2) is 0 Å². The topological polar surface area (TPSA) is 41.5 Å². The maximum Gasteiger partial charge on any atom is 0.120 e. The van der Waals surface area contributed by atoms with Crippen molar-refractivity contribution < 1.29 is 9.84 Å². The van der Waals surface area contributed by atoms with Gasteiger partial charge in [0.15, 0.2) is 0 Å². The summed E-state index contributed by atoms with van der Waals surface area (Å²) >= 11 is 0. The van der Waals surface area contributed by atoms with E-state index in [4.69, 9.17) is 4.74 Å². The van der Waals surface area contributed by atoms with Gasteiger partial charge in [0.25, 0.3) is 0 Å². The smallest absolute Gasteiger partial charge is 0.120 e. The fraction of sp³-hybridized carbons (Fsp3) is 0.625. The summed E-state index contributed by atoms with van der Waals surface area (Å²) in [5.74, 6) is 0.372. The molecule has 2 N–H and O–H groups in total. The molecule has 1 unspecified atom stereocenters. The number of methoxy groups -OCH3 is 1. The summed E-state index contributed by atoms with van der Waals surface area (Å²) in [4.78, 5) is 0. The van der Waals surface area contributed by atoms with Gasteiger partial charge in [-0.05, 0) is 24.3 Å². The van der Waals surface area contributed by atoms with Crippen LogP contribution in [0.2, 0.25) is 0 Å². The average Bonchev–Trinajstić information content (AvgIpc) is 2.39. The van der Waals surface area contributed by atoms with Gasteiger partial charge in [-0.3, -0.25) is 0 Å². The molecule has 0 aromatic heterocycles. The Hall–Kier alpha value is -1.06. The molecule has 0 bridgehead atoms. The van der Waals surface area contributed by atoms with Crippen molar-refractivity contribution in [3.8, 4) is 5.75 Å². The fourth-order valence-electron chi connectivity index (χ4n) is 2.12. The monoisotopic (exact) mass is 265 g/mol. The summed E-state index contributed by atoms with van der Waals surface area (Å²) in [7, 11) is 1.74. The Kier molecular flexibility index (Phi) is 6.32. The van der Waals surface area contributed by atoms with Gasteiger partial charge in [0.05, 0.1) is 0 Å². The Balaban J connectivity index is 2.61. The van der Waals surface area contributed by atoms with Gasteiger partial charge in [0.2, 0.25) is 0 Å². The number of phenols is 1. The highest BCUT2D eigenvalue weighted by atomic mass is 16.5. The first-order valence-electron chi connectivity index (χ1n) is 7.00. The molecule has 0 aliphatic carbocycles. The lowest BCUT2D eigenvalue weighted by Gasteiger charge is -2.28. The Labute approximate surface area is 117 Å². The number of hydrogen-bond donors (Lipinski definition) is 2. The third kappa shape index (κ3) is 5.21. The van der Waals surface area contributed by atoms with Gasteiger partial charge in [0, 0.05) is 31.9 Å². The second-order valence-corrected chi connectivity index (χ2v) is 5.81. The lowest BCUT2D eigenvalue weighted by Crippen LogP contribution is -2.33. The third-order valence-corrected chi connectivity index (χ3v) is 3.53. The number of benzene rings is 1. The molecule has 0 saturated heterocycles. The number of aromatic hydroxyl groups is 1. The normalized spacial score (nSPS) is 13.5. The molecule has 0 heterocycles. The van der Waals surface area contributed by atoms with Crippen LogP contribution < -0.4 is 5.32 Å². The Bertz CT molecular complexity index is 377. The summed E-state index contributed by atoms with van der Waals surface area (Å²) in [6.45, 7) is 8.28. The third-order valence-electron chi connectivity index (χ3n) is 3.53. The van der Waals surface area contributed by atoms with E-state index in [1.807, 2.05) is 18.2 Å². The molecule has 0 saturated carbocycles. The van der Waals surface area contributed by atoms with Crippen LogP contribution in [0.15, 0.2) is 24.3 Å². The predicted molar refractivity (Wildman–Crippen MR) is 79.4 cm³/mol. The minimum Gasteiger partial charge on any atom is -0.508 e. The van der Waals surface area contributed by atoms with E-state index in [0.717, 1.165) is 31.6 Å². The van der Waals surface area contributed by atoms with Crippen LogP contribution in [-0.2, 0) is 4.74 Å². The molecule has 108 valence electrons. The standard InChI is InChI=1S/C16H27NO2/c1-5-14(13-8-6-7-9-15(13)18)17-12-16(2,3)10-11-19-4/h6-9,14,17-18H,5,10-12H2,1-4H3. The van der Waals surface area contributed by atoms with Crippen molar-refractivity contribution in [3.05, 3.63) is 29.8 Å². The van der Waals surface area contributed by atoms with E-state index in [9.17, 15) is 5.11 Å². The highest BCUT2D eigenvalue weighted by molar-refractivity contribution is 5.34. The maximum absolute atomic E-state index is 9.92. The Morgan fingerprint density at radius 3 is 2.58 bits per heavy atom. The summed E-state index contributed by atoms with van der Waals surface area (Å²) in [6, 6.07) is 7.75. The van der Waals surface area contributed by atoms with Crippen LogP contribution in [0.3, 0.4) is 0 Å². The summed E-state index contributed by atoms with van der Waals surface area (Å²) < 4.78 is 5.15. The predicted octanol–water partition coefficient (Wildman–Crippen LogP) is 3.50. The lowest BCUT2D eigenvalue weighted by atomic mass is 9.89. The zero-order valence-electron chi connectivity index (χ0n) is 12.6. The van der Waals surface area contributed by atoms with Crippen LogP contribution in [-0.4, -0.2) is 25.4 Å². The van der Waals surface area contributed by atoms with Gasteiger partial charge in [-0.15, -0.1) is 0 Å². The van der Waals surface area contributed by atoms with E-state index in [1.165, 1.54) is 0 Å². The van der Waals surface area contributed by atoms with Crippen LogP contribution in [0.4, 0.5) is 0 Å². The first-order valence-corrected chi connectivity index (χ1v) is 7.00. The fourth-order valence-corrected chi connectivity index (χ4v) is 2.12. The van der Waals surface area contributed by atoms with Gasteiger partial charge < -0.3 is 15.2 Å². The Morgan fingerprint density at radius 1 is 1.32 bits per heavy atom. The maximum atomic E-state index is 9.92. The van der Waals surface area contributed by atoms with Crippen LogP contribution in [0.5, 0.6) is 5.75 Å². The van der Waals surface area contributed by atoms with E-state index in [2.05, 4.69) is 26.1 Å². The van der Waals surface area contributed by atoms with Crippen LogP contribution >= 0.6 is 0 Å². The largest absolute Gasteiger partial charge is 0.508 e.